The zero-order valence-corrected chi connectivity index (χ0v) is 10.1. The molecule has 0 bridgehead atoms. The van der Waals surface area contributed by atoms with Gasteiger partial charge in [0.1, 0.15) is 0 Å². The number of anilines is 1. The van der Waals surface area contributed by atoms with Gasteiger partial charge in [-0.15, -0.1) is 0 Å². The lowest BCUT2D eigenvalue weighted by Crippen LogP contribution is -2.43. The molecule has 0 heterocycles. The molecule has 16 heavy (non-hydrogen) atoms. The van der Waals surface area contributed by atoms with E-state index >= 15 is 0 Å². The van der Waals surface area contributed by atoms with Crippen molar-refractivity contribution in [2.75, 3.05) is 18.5 Å². The van der Waals surface area contributed by atoms with Gasteiger partial charge in [-0.05, 0) is 37.4 Å². The Labute approximate surface area is 98.4 Å². The number of hydrogen-bond donors (Lipinski definition) is 1. The third kappa shape index (κ3) is 2.38. The van der Waals surface area contributed by atoms with E-state index in [1.54, 1.807) is 0 Å². The molecule has 1 aromatic carbocycles. The highest BCUT2D eigenvalue weighted by molar-refractivity contribution is 5.46. The summed E-state index contributed by atoms with van der Waals surface area (Å²) in [5, 5.41) is 0. The Hall–Kier alpha value is -1.02. The number of benzene rings is 1. The summed E-state index contributed by atoms with van der Waals surface area (Å²) in [5.41, 5.74) is 7.20. The van der Waals surface area contributed by atoms with E-state index in [0.717, 1.165) is 6.54 Å². The molecule has 0 radical (unpaired) electrons. The van der Waals surface area contributed by atoms with Gasteiger partial charge in [0.2, 0.25) is 0 Å². The highest BCUT2D eigenvalue weighted by Gasteiger charge is 2.27. The first-order chi connectivity index (χ1) is 7.83. The number of para-hydroxylation sites is 1. The third-order valence-corrected chi connectivity index (χ3v) is 3.83. The van der Waals surface area contributed by atoms with Crippen molar-refractivity contribution in [1.82, 2.24) is 0 Å². The quantitative estimate of drug-likeness (QED) is 0.845. The van der Waals surface area contributed by atoms with Crippen molar-refractivity contribution in [2.45, 2.75) is 31.7 Å². The maximum atomic E-state index is 5.88. The molecule has 0 aliphatic heterocycles. The number of rotatable bonds is 3. The molecular weight excluding hydrogens is 196 g/mol. The molecule has 1 saturated carbocycles. The fourth-order valence-electron chi connectivity index (χ4n) is 2.83. The topological polar surface area (TPSA) is 29.3 Å². The molecule has 2 nitrogen and oxygen atoms in total. The van der Waals surface area contributed by atoms with Crippen LogP contribution in [0.15, 0.2) is 30.3 Å². The molecule has 1 aromatic rings. The predicted octanol–water partition coefficient (Wildman–Crippen LogP) is 2.64. The van der Waals surface area contributed by atoms with Gasteiger partial charge in [0.05, 0.1) is 0 Å². The molecule has 1 fully saturated rings. The van der Waals surface area contributed by atoms with Crippen LogP contribution in [-0.4, -0.2) is 19.6 Å². The van der Waals surface area contributed by atoms with Crippen molar-refractivity contribution in [3.8, 4) is 0 Å². The van der Waals surface area contributed by atoms with E-state index < -0.39 is 0 Å². The molecule has 2 unspecified atom stereocenters. The smallest absolute Gasteiger partial charge is 0.0366 e. The van der Waals surface area contributed by atoms with Gasteiger partial charge in [-0.25, -0.2) is 0 Å². The highest BCUT2D eigenvalue weighted by Crippen LogP contribution is 2.29. The molecule has 1 aliphatic carbocycles. The molecule has 0 saturated heterocycles. The Morgan fingerprint density at radius 2 is 1.88 bits per heavy atom. The standard InChI is InChI=1S/C14H22N2/c1-16(13-8-3-2-4-9-13)14-10-6-5-7-12(14)11-15/h2-4,8-9,12,14H,5-7,10-11,15H2,1H3. The minimum absolute atomic E-state index is 0.626. The number of hydrogen-bond acceptors (Lipinski definition) is 2. The molecule has 1 aliphatic rings. The lowest BCUT2D eigenvalue weighted by atomic mass is 9.83. The lowest BCUT2D eigenvalue weighted by Gasteiger charge is -2.38. The van der Waals surface area contributed by atoms with Crippen molar-refractivity contribution in [3.05, 3.63) is 30.3 Å². The Bertz CT molecular complexity index is 310. The lowest BCUT2D eigenvalue weighted by molar-refractivity contribution is 0.306. The number of nitrogens with two attached hydrogens (primary N) is 1. The minimum Gasteiger partial charge on any atom is -0.371 e. The Morgan fingerprint density at radius 1 is 1.19 bits per heavy atom. The van der Waals surface area contributed by atoms with E-state index in [0.29, 0.717) is 12.0 Å². The van der Waals surface area contributed by atoms with Crippen molar-refractivity contribution in [1.29, 1.82) is 0 Å². The van der Waals surface area contributed by atoms with Crippen LogP contribution in [0.4, 0.5) is 5.69 Å². The van der Waals surface area contributed by atoms with Crippen LogP contribution in [0.5, 0.6) is 0 Å². The van der Waals surface area contributed by atoms with Crippen molar-refractivity contribution in [3.63, 3.8) is 0 Å². The zero-order chi connectivity index (χ0) is 11.4. The second-order valence-electron chi connectivity index (χ2n) is 4.79. The van der Waals surface area contributed by atoms with Crippen LogP contribution >= 0.6 is 0 Å². The minimum atomic E-state index is 0.626. The van der Waals surface area contributed by atoms with Crippen LogP contribution in [0.25, 0.3) is 0 Å². The summed E-state index contributed by atoms with van der Waals surface area (Å²) in [4.78, 5) is 2.41. The largest absolute Gasteiger partial charge is 0.371 e. The highest BCUT2D eigenvalue weighted by atomic mass is 15.1. The summed E-state index contributed by atoms with van der Waals surface area (Å²) in [6.45, 7) is 0.821. The normalized spacial score (nSPS) is 25.4. The molecule has 2 rings (SSSR count). The molecule has 0 aromatic heterocycles. The monoisotopic (exact) mass is 218 g/mol. The van der Waals surface area contributed by atoms with Gasteiger partial charge in [-0.1, -0.05) is 31.0 Å². The zero-order valence-electron chi connectivity index (χ0n) is 10.1. The second kappa shape index (κ2) is 5.35. The summed E-state index contributed by atoms with van der Waals surface area (Å²) < 4.78 is 0. The van der Waals surface area contributed by atoms with E-state index in [1.165, 1.54) is 31.4 Å². The SMILES string of the molecule is CN(c1ccccc1)C1CCCCC1CN. The fourth-order valence-corrected chi connectivity index (χ4v) is 2.83. The van der Waals surface area contributed by atoms with Crippen LogP contribution in [0.3, 0.4) is 0 Å². The summed E-state index contributed by atoms with van der Waals surface area (Å²) in [5.74, 6) is 0.666. The van der Waals surface area contributed by atoms with Crippen molar-refractivity contribution < 1.29 is 0 Å². The summed E-state index contributed by atoms with van der Waals surface area (Å²) in [7, 11) is 2.20. The molecule has 2 atom stereocenters. The van der Waals surface area contributed by atoms with E-state index in [9.17, 15) is 0 Å². The Morgan fingerprint density at radius 3 is 2.56 bits per heavy atom. The maximum Gasteiger partial charge on any atom is 0.0366 e. The van der Waals surface area contributed by atoms with Crippen LogP contribution in [0.2, 0.25) is 0 Å². The molecular formula is C14H22N2. The first-order valence-corrected chi connectivity index (χ1v) is 6.31. The Kier molecular flexibility index (Phi) is 3.83. The molecule has 2 heteroatoms. The third-order valence-electron chi connectivity index (χ3n) is 3.83. The van der Waals surface area contributed by atoms with Crippen molar-refractivity contribution >= 4 is 5.69 Å². The summed E-state index contributed by atoms with van der Waals surface area (Å²) >= 11 is 0. The van der Waals surface area contributed by atoms with Gasteiger partial charge in [0.15, 0.2) is 0 Å². The van der Waals surface area contributed by atoms with Crippen LogP contribution < -0.4 is 10.6 Å². The summed E-state index contributed by atoms with van der Waals surface area (Å²) in [6, 6.07) is 11.3. The van der Waals surface area contributed by atoms with Gasteiger partial charge < -0.3 is 10.6 Å². The second-order valence-corrected chi connectivity index (χ2v) is 4.79. The maximum absolute atomic E-state index is 5.88. The van der Waals surface area contributed by atoms with Gasteiger partial charge in [-0.3, -0.25) is 0 Å². The average molecular weight is 218 g/mol. The van der Waals surface area contributed by atoms with E-state index in [4.69, 9.17) is 5.73 Å². The van der Waals surface area contributed by atoms with Gasteiger partial charge in [-0.2, -0.15) is 0 Å². The van der Waals surface area contributed by atoms with E-state index in [2.05, 4.69) is 42.3 Å². The van der Waals surface area contributed by atoms with Gasteiger partial charge >= 0.3 is 0 Å². The Balaban J connectivity index is 2.10. The molecule has 0 amide bonds. The van der Waals surface area contributed by atoms with E-state index in [1.807, 2.05) is 0 Å². The molecule has 2 N–H and O–H groups in total. The van der Waals surface area contributed by atoms with Crippen molar-refractivity contribution in [2.24, 2.45) is 11.7 Å². The van der Waals surface area contributed by atoms with E-state index in [-0.39, 0.29) is 0 Å². The van der Waals surface area contributed by atoms with Crippen LogP contribution in [0.1, 0.15) is 25.7 Å². The van der Waals surface area contributed by atoms with Crippen LogP contribution in [0, 0.1) is 5.92 Å². The summed E-state index contributed by atoms with van der Waals surface area (Å²) in [6.07, 6.45) is 5.27. The first kappa shape index (κ1) is 11.5. The van der Waals surface area contributed by atoms with Gasteiger partial charge in [0, 0.05) is 18.8 Å². The molecule has 88 valence electrons. The van der Waals surface area contributed by atoms with Crippen LogP contribution in [-0.2, 0) is 0 Å². The predicted molar refractivity (Wildman–Crippen MR) is 69.6 cm³/mol. The van der Waals surface area contributed by atoms with Gasteiger partial charge in [0.25, 0.3) is 0 Å². The first-order valence-electron chi connectivity index (χ1n) is 6.31. The molecule has 0 spiro atoms. The fraction of sp³-hybridized carbons (Fsp3) is 0.571. The average Bonchev–Trinajstić information content (AvgIpc) is 2.39. The number of nitrogens with zero attached hydrogens (tertiary/aromatic N) is 1.